The predicted octanol–water partition coefficient (Wildman–Crippen LogP) is 3.85. The Bertz CT molecular complexity index is 388. The average molecular weight is 216 g/mol. The fourth-order valence-electron chi connectivity index (χ4n) is 2.48. The van der Waals surface area contributed by atoms with Gasteiger partial charge >= 0.3 is 0 Å². The maximum atomic E-state index is 2.53. The molecular formula is C14H20Si. The molecule has 0 fully saturated rings. The van der Waals surface area contributed by atoms with E-state index in [-0.39, 0.29) is 0 Å². The van der Waals surface area contributed by atoms with Crippen molar-refractivity contribution < 1.29 is 0 Å². The van der Waals surface area contributed by atoms with Crippen molar-refractivity contribution in [2.75, 3.05) is 0 Å². The van der Waals surface area contributed by atoms with Crippen LogP contribution in [-0.2, 0) is 0 Å². The lowest BCUT2D eigenvalue weighted by atomic mass is 9.97. The molecule has 0 aliphatic heterocycles. The minimum atomic E-state index is -0.616. The van der Waals surface area contributed by atoms with Crippen molar-refractivity contribution in [1.29, 1.82) is 0 Å². The fourth-order valence-corrected chi connectivity index (χ4v) is 4.08. The first-order chi connectivity index (χ1) is 7.11. The molecule has 0 amide bonds. The highest BCUT2D eigenvalue weighted by Crippen LogP contribution is 2.40. The summed E-state index contributed by atoms with van der Waals surface area (Å²) in [6.07, 6.45) is 2.53. The van der Waals surface area contributed by atoms with Crippen LogP contribution in [0.15, 0.2) is 30.3 Å². The molecular weight excluding hydrogens is 196 g/mol. The van der Waals surface area contributed by atoms with Gasteiger partial charge in [-0.15, -0.1) is 0 Å². The van der Waals surface area contributed by atoms with E-state index in [1.165, 1.54) is 5.56 Å². The van der Waals surface area contributed by atoms with Gasteiger partial charge in [-0.05, 0) is 28.2 Å². The normalized spacial score (nSPS) is 19.6. The number of hydrogen-bond acceptors (Lipinski definition) is 0. The van der Waals surface area contributed by atoms with Gasteiger partial charge in [0.1, 0.15) is 0 Å². The predicted molar refractivity (Wildman–Crippen MR) is 70.9 cm³/mol. The van der Waals surface area contributed by atoms with Gasteiger partial charge in [0.15, 0.2) is 0 Å². The van der Waals surface area contributed by atoms with E-state index in [9.17, 15) is 0 Å². The topological polar surface area (TPSA) is 0 Å². The van der Waals surface area contributed by atoms with Crippen LogP contribution in [0.1, 0.15) is 30.5 Å². The fraction of sp³-hybridized carbons (Fsp3) is 0.429. The van der Waals surface area contributed by atoms with Crippen LogP contribution in [0.2, 0.25) is 13.1 Å². The number of fused-ring (bicyclic) bond motifs is 1. The summed E-state index contributed by atoms with van der Waals surface area (Å²) in [5.74, 6) is 0.656. The second kappa shape index (κ2) is 3.97. The van der Waals surface area contributed by atoms with E-state index in [4.69, 9.17) is 0 Å². The first kappa shape index (κ1) is 10.7. The van der Waals surface area contributed by atoms with Crippen molar-refractivity contribution in [2.45, 2.75) is 32.5 Å². The first-order valence-corrected chi connectivity index (χ1v) is 8.90. The molecule has 1 heteroatoms. The van der Waals surface area contributed by atoms with E-state index in [0.29, 0.717) is 5.92 Å². The highest BCUT2D eigenvalue weighted by molar-refractivity contribution is 6.58. The SMILES string of the molecule is CC(C)C1=CC([SiH](C)C)c2ccccc21. The third kappa shape index (κ3) is 1.81. The molecule has 1 aliphatic carbocycles. The van der Waals surface area contributed by atoms with Gasteiger partial charge in [-0.25, -0.2) is 0 Å². The summed E-state index contributed by atoms with van der Waals surface area (Å²) in [4.78, 5) is 0. The quantitative estimate of drug-likeness (QED) is 0.659. The van der Waals surface area contributed by atoms with Crippen LogP contribution in [0.5, 0.6) is 0 Å². The van der Waals surface area contributed by atoms with Gasteiger partial charge in [0.2, 0.25) is 0 Å². The molecule has 1 aromatic carbocycles. The molecule has 15 heavy (non-hydrogen) atoms. The third-order valence-corrected chi connectivity index (χ3v) is 5.32. The Hall–Kier alpha value is -0.823. The minimum Gasteiger partial charge on any atom is -0.0760 e. The van der Waals surface area contributed by atoms with Gasteiger partial charge in [-0.3, -0.25) is 0 Å². The van der Waals surface area contributed by atoms with Gasteiger partial charge in [0, 0.05) is 8.80 Å². The summed E-state index contributed by atoms with van der Waals surface area (Å²) < 4.78 is 0. The Morgan fingerprint density at radius 1 is 1.13 bits per heavy atom. The molecule has 0 bridgehead atoms. The second-order valence-electron chi connectivity index (χ2n) is 5.13. The molecule has 0 spiro atoms. The summed E-state index contributed by atoms with van der Waals surface area (Å²) in [7, 11) is -0.616. The van der Waals surface area contributed by atoms with Gasteiger partial charge < -0.3 is 0 Å². The van der Waals surface area contributed by atoms with Gasteiger partial charge in [-0.2, -0.15) is 0 Å². The molecule has 0 radical (unpaired) electrons. The molecule has 1 aromatic rings. The summed E-state index contributed by atoms with van der Waals surface area (Å²) in [5, 5.41) is 0. The number of benzene rings is 1. The third-order valence-electron chi connectivity index (χ3n) is 3.33. The van der Waals surface area contributed by atoms with E-state index >= 15 is 0 Å². The summed E-state index contributed by atoms with van der Waals surface area (Å²) in [6.45, 7) is 9.49. The zero-order valence-electron chi connectivity index (χ0n) is 10.1. The van der Waals surface area contributed by atoms with Gasteiger partial charge in [-0.1, -0.05) is 57.3 Å². The van der Waals surface area contributed by atoms with Crippen molar-refractivity contribution in [2.24, 2.45) is 5.92 Å². The Morgan fingerprint density at radius 2 is 1.80 bits per heavy atom. The maximum Gasteiger partial charge on any atom is 0.0436 e. The summed E-state index contributed by atoms with van der Waals surface area (Å²) >= 11 is 0. The minimum absolute atomic E-state index is 0.616. The molecule has 0 nitrogen and oxygen atoms in total. The van der Waals surface area contributed by atoms with Crippen LogP contribution in [-0.4, -0.2) is 8.80 Å². The van der Waals surface area contributed by atoms with Crippen LogP contribution < -0.4 is 0 Å². The summed E-state index contributed by atoms with van der Waals surface area (Å²) in [6, 6.07) is 8.95. The van der Waals surface area contributed by atoms with Gasteiger partial charge in [0.25, 0.3) is 0 Å². The van der Waals surface area contributed by atoms with Crippen LogP contribution in [0.3, 0.4) is 0 Å². The molecule has 0 saturated carbocycles. The average Bonchev–Trinajstić information content (AvgIpc) is 2.56. The van der Waals surface area contributed by atoms with Crippen molar-refractivity contribution in [3.63, 3.8) is 0 Å². The first-order valence-electron chi connectivity index (χ1n) is 5.92. The van der Waals surface area contributed by atoms with Crippen LogP contribution in [0, 0.1) is 5.92 Å². The number of hydrogen-bond donors (Lipinski definition) is 0. The second-order valence-corrected chi connectivity index (χ2v) is 8.34. The standard InChI is InChI=1S/C14H20Si/c1-10(2)13-9-14(15(3)4)12-8-6-5-7-11(12)13/h5-10,14-15H,1-4H3. The Morgan fingerprint density at radius 3 is 2.40 bits per heavy atom. The van der Waals surface area contributed by atoms with E-state index in [2.05, 4.69) is 57.3 Å². The van der Waals surface area contributed by atoms with Crippen molar-refractivity contribution >= 4 is 14.4 Å². The number of allylic oxidation sites excluding steroid dienone is 2. The monoisotopic (exact) mass is 216 g/mol. The van der Waals surface area contributed by atoms with Gasteiger partial charge in [0.05, 0.1) is 0 Å². The lowest BCUT2D eigenvalue weighted by Gasteiger charge is -2.13. The van der Waals surface area contributed by atoms with Crippen molar-refractivity contribution in [3.8, 4) is 0 Å². The van der Waals surface area contributed by atoms with E-state index < -0.39 is 8.80 Å². The maximum absolute atomic E-state index is 2.53. The van der Waals surface area contributed by atoms with E-state index in [1.807, 2.05) is 0 Å². The molecule has 80 valence electrons. The van der Waals surface area contributed by atoms with Crippen LogP contribution in [0.4, 0.5) is 0 Å². The van der Waals surface area contributed by atoms with E-state index in [1.54, 1.807) is 11.1 Å². The lowest BCUT2D eigenvalue weighted by Crippen LogP contribution is -2.11. The zero-order valence-corrected chi connectivity index (χ0v) is 11.3. The lowest BCUT2D eigenvalue weighted by molar-refractivity contribution is 0.857. The molecule has 0 N–H and O–H groups in total. The Balaban J connectivity index is 2.49. The number of rotatable bonds is 2. The molecule has 0 aromatic heterocycles. The van der Waals surface area contributed by atoms with Crippen LogP contribution in [0.25, 0.3) is 5.57 Å². The molecule has 1 atom stereocenters. The zero-order chi connectivity index (χ0) is 11.0. The molecule has 0 heterocycles. The van der Waals surface area contributed by atoms with E-state index in [0.717, 1.165) is 5.54 Å². The molecule has 2 rings (SSSR count). The highest BCUT2D eigenvalue weighted by atomic mass is 28.3. The molecule has 0 saturated heterocycles. The highest BCUT2D eigenvalue weighted by Gasteiger charge is 2.26. The molecule has 1 aliphatic rings. The Labute approximate surface area is 94.6 Å². The molecule has 1 unspecified atom stereocenters. The van der Waals surface area contributed by atoms with Crippen LogP contribution >= 0.6 is 0 Å². The summed E-state index contributed by atoms with van der Waals surface area (Å²) in [5.41, 5.74) is 5.43. The van der Waals surface area contributed by atoms with Crippen molar-refractivity contribution in [1.82, 2.24) is 0 Å². The smallest absolute Gasteiger partial charge is 0.0436 e. The van der Waals surface area contributed by atoms with Crippen molar-refractivity contribution in [3.05, 3.63) is 41.5 Å². The Kier molecular flexibility index (Phi) is 2.83. The largest absolute Gasteiger partial charge is 0.0760 e.